The molecule has 0 amide bonds. The van der Waals surface area contributed by atoms with E-state index in [2.05, 4.69) is 158 Å². The van der Waals surface area contributed by atoms with E-state index in [4.69, 9.17) is 4.74 Å². The summed E-state index contributed by atoms with van der Waals surface area (Å²) in [5.41, 5.74) is 9.61. The lowest BCUT2D eigenvalue weighted by Gasteiger charge is -2.23. The van der Waals surface area contributed by atoms with E-state index in [1.54, 1.807) is 0 Å². The Morgan fingerprint density at radius 1 is 0.289 bits per heavy atom. The third kappa shape index (κ3) is 3.68. The fourth-order valence-electron chi connectivity index (χ4n) is 7.46. The molecule has 1 heteroatoms. The van der Waals surface area contributed by atoms with E-state index >= 15 is 0 Å². The molecule has 1 nitrogen and oxygen atoms in total. The van der Waals surface area contributed by atoms with Crippen LogP contribution in [0.3, 0.4) is 0 Å². The van der Waals surface area contributed by atoms with Crippen LogP contribution in [0, 0.1) is 0 Å². The SMILES string of the molecule is c1ccc(-c2ccc3c4c(cccc24)-c2cc(-c4ccc(-c5cc6ccc7cccc8ccc(c5)c6c78)cc4)ccc2O3)cc1. The number of benzene rings is 9. The first-order valence-electron chi connectivity index (χ1n) is 15.5. The summed E-state index contributed by atoms with van der Waals surface area (Å²) in [6, 6.07) is 57.3. The molecule has 0 saturated carbocycles. The molecule has 9 aromatic rings. The second kappa shape index (κ2) is 9.29. The first-order chi connectivity index (χ1) is 22.3. The third-order valence-corrected chi connectivity index (χ3v) is 9.59. The Kier molecular flexibility index (Phi) is 5.06. The monoisotopic (exact) mass is 570 g/mol. The highest BCUT2D eigenvalue weighted by atomic mass is 16.5. The number of hydrogen-bond donors (Lipinski definition) is 0. The minimum atomic E-state index is 0.900. The van der Waals surface area contributed by atoms with Crippen molar-refractivity contribution in [2.75, 3.05) is 0 Å². The lowest BCUT2D eigenvalue weighted by molar-refractivity contribution is 0.487. The van der Waals surface area contributed by atoms with Crippen LogP contribution in [0.5, 0.6) is 11.5 Å². The minimum absolute atomic E-state index is 0.900. The van der Waals surface area contributed by atoms with Crippen LogP contribution in [0.2, 0.25) is 0 Å². The molecule has 0 spiro atoms. The van der Waals surface area contributed by atoms with Gasteiger partial charge in [0, 0.05) is 10.9 Å². The molecule has 0 saturated heterocycles. The van der Waals surface area contributed by atoms with Gasteiger partial charge in [-0.05, 0) is 107 Å². The molecule has 9 aromatic carbocycles. The van der Waals surface area contributed by atoms with Gasteiger partial charge in [0.2, 0.25) is 0 Å². The molecule has 0 bridgehead atoms. The van der Waals surface area contributed by atoms with E-state index in [9.17, 15) is 0 Å². The summed E-state index contributed by atoms with van der Waals surface area (Å²) in [6.45, 7) is 0. The predicted octanol–water partition coefficient (Wildman–Crippen LogP) is 12.5. The van der Waals surface area contributed by atoms with Gasteiger partial charge < -0.3 is 4.74 Å². The predicted molar refractivity (Wildman–Crippen MR) is 189 cm³/mol. The van der Waals surface area contributed by atoms with Gasteiger partial charge in [0.05, 0.1) is 0 Å². The zero-order chi connectivity index (χ0) is 29.5. The molecule has 0 N–H and O–H groups in total. The summed E-state index contributed by atoms with van der Waals surface area (Å²) in [5.74, 6) is 1.81. The largest absolute Gasteiger partial charge is 0.456 e. The van der Waals surface area contributed by atoms with E-state index in [1.165, 1.54) is 82.0 Å². The molecule has 1 aliphatic rings. The van der Waals surface area contributed by atoms with Gasteiger partial charge in [-0.2, -0.15) is 0 Å². The summed E-state index contributed by atoms with van der Waals surface area (Å²) in [5, 5.41) is 10.3. The van der Waals surface area contributed by atoms with E-state index in [1.807, 2.05) is 0 Å². The minimum Gasteiger partial charge on any atom is -0.456 e. The van der Waals surface area contributed by atoms with E-state index in [0.717, 1.165) is 17.1 Å². The smallest absolute Gasteiger partial charge is 0.135 e. The number of rotatable bonds is 3. The Morgan fingerprint density at radius 2 is 0.911 bits per heavy atom. The van der Waals surface area contributed by atoms with Gasteiger partial charge in [0.1, 0.15) is 11.5 Å². The molecule has 1 aliphatic heterocycles. The molecule has 0 fully saturated rings. The highest BCUT2D eigenvalue weighted by molar-refractivity contribution is 6.23. The van der Waals surface area contributed by atoms with E-state index < -0.39 is 0 Å². The summed E-state index contributed by atoms with van der Waals surface area (Å²) in [4.78, 5) is 0. The van der Waals surface area contributed by atoms with Gasteiger partial charge in [0.25, 0.3) is 0 Å². The molecule has 208 valence electrons. The zero-order valence-corrected chi connectivity index (χ0v) is 24.4. The quantitative estimate of drug-likeness (QED) is 0.192. The lowest BCUT2D eigenvalue weighted by atomic mass is 9.89. The molecular formula is C44H26O. The molecule has 45 heavy (non-hydrogen) atoms. The van der Waals surface area contributed by atoms with Crippen molar-refractivity contribution in [3.63, 3.8) is 0 Å². The van der Waals surface area contributed by atoms with Crippen LogP contribution in [0.1, 0.15) is 0 Å². The average molecular weight is 571 g/mol. The lowest BCUT2D eigenvalue weighted by Crippen LogP contribution is -1.98. The van der Waals surface area contributed by atoms with Crippen molar-refractivity contribution in [2.24, 2.45) is 0 Å². The molecule has 0 aliphatic carbocycles. The normalized spacial score (nSPS) is 12.2. The van der Waals surface area contributed by atoms with Crippen LogP contribution in [0.25, 0.3) is 87.6 Å². The van der Waals surface area contributed by atoms with Crippen LogP contribution >= 0.6 is 0 Å². The standard InChI is InChI=1S/C44H26O/c1-2-6-29(7-3-1)36-21-23-41-44-37(36)10-5-11-38(44)39-26-32(20-22-40(39)45-41)27-12-14-28(15-13-27)35-24-33-18-16-30-8-4-9-31-17-19-34(25-35)43(33)42(30)31/h1-26H. The van der Waals surface area contributed by atoms with Crippen LogP contribution < -0.4 is 4.74 Å². The maximum absolute atomic E-state index is 6.49. The Labute approximate surface area is 260 Å². The van der Waals surface area contributed by atoms with Gasteiger partial charge in [-0.15, -0.1) is 0 Å². The fourth-order valence-corrected chi connectivity index (χ4v) is 7.46. The first-order valence-corrected chi connectivity index (χ1v) is 15.5. The fraction of sp³-hybridized carbons (Fsp3) is 0. The Hall–Kier alpha value is -5.92. The molecule has 10 rings (SSSR count). The van der Waals surface area contributed by atoms with Gasteiger partial charge >= 0.3 is 0 Å². The van der Waals surface area contributed by atoms with E-state index in [-0.39, 0.29) is 0 Å². The van der Waals surface area contributed by atoms with Crippen molar-refractivity contribution in [3.8, 4) is 56.0 Å². The zero-order valence-electron chi connectivity index (χ0n) is 24.4. The molecule has 0 unspecified atom stereocenters. The van der Waals surface area contributed by atoms with Crippen molar-refractivity contribution in [1.29, 1.82) is 0 Å². The van der Waals surface area contributed by atoms with Crippen LogP contribution in [-0.4, -0.2) is 0 Å². The Bertz CT molecular complexity index is 2530. The second-order valence-corrected chi connectivity index (χ2v) is 12.1. The maximum atomic E-state index is 6.49. The van der Waals surface area contributed by atoms with E-state index in [0.29, 0.717) is 0 Å². The summed E-state index contributed by atoms with van der Waals surface area (Å²) in [7, 11) is 0. The summed E-state index contributed by atoms with van der Waals surface area (Å²) >= 11 is 0. The van der Waals surface area contributed by atoms with Crippen LogP contribution in [0.4, 0.5) is 0 Å². The molecule has 1 heterocycles. The highest BCUT2D eigenvalue weighted by Gasteiger charge is 2.22. The second-order valence-electron chi connectivity index (χ2n) is 12.1. The number of ether oxygens (including phenoxy) is 1. The highest BCUT2D eigenvalue weighted by Crippen LogP contribution is 2.49. The van der Waals surface area contributed by atoms with Crippen molar-refractivity contribution >= 4 is 43.1 Å². The van der Waals surface area contributed by atoms with Crippen molar-refractivity contribution in [3.05, 3.63) is 158 Å². The summed E-state index contributed by atoms with van der Waals surface area (Å²) < 4.78 is 6.49. The Morgan fingerprint density at radius 3 is 1.67 bits per heavy atom. The third-order valence-electron chi connectivity index (χ3n) is 9.59. The van der Waals surface area contributed by atoms with Crippen molar-refractivity contribution < 1.29 is 4.74 Å². The molecule has 0 radical (unpaired) electrons. The topological polar surface area (TPSA) is 9.23 Å². The van der Waals surface area contributed by atoms with Gasteiger partial charge in [-0.25, -0.2) is 0 Å². The summed E-state index contributed by atoms with van der Waals surface area (Å²) in [6.07, 6.45) is 0. The Balaban J connectivity index is 1.05. The van der Waals surface area contributed by atoms with Crippen LogP contribution in [-0.2, 0) is 0 Å². The van der Waals surface area contributed by atoms with Crippen LogP contribution in [0.15, 0.2) is 158 Å². The molecule has 0 atom stereocenters. The first kappa shape index (κ1) is 24.5. The van der Waals surface area contributed by atoms with Gasteiger partial charge in [0.15, 0.2) is 0 Å². The maximum Gasteiger partial charge on any atom is 0.135 e. The average Bonchev–Trinajstić information content (AvgIpc) is 3.11. The molecular weight excluding hydrogens is 544 g/mol. The number of fused-ring (bicyclic) bond motifs is 2. The molecule has 0 aromatic heterocycles. The van der Waals surface area contributed by atoms with Crippen molar-refractivity contribution in [2.45, 2.75) is 0 Å². The van der Waals surface area contributed by atoms with Gasteiger partial charge in [-0.3, -0.25) is 0 Å². The van der Waals surface area contributed by atoms with Crippen molar-refractivity contribution in [1.82, 2.24) is 0 Å². The van der Waals surface area contributed by atoms with Gasteiger partial charge in [-0.1, -0.05) is 127 Å². The number of hydrogen-bond acceptors (Lipinski definition) is 1.